The van der Waals surface area contributed by atoms with E-state index in [2.05, 4.69) is 22.1 Å². The monoisotopic (exact) mass is 495 g/mol. The fraction of sp³-hybridized carbons (Fsp3) is 0.611. The first-order chi connectivity index (χ1) is 12.2. The number of halogens is 1. The van der Waals surface area contributed by atoms with E-state index in [9.17, 15) is 0 Å². The first kappa shape index (κ1) is 23.0. The summed E-state index contributed by atoms with van der Waals surface area (Å²) in [4.78, 5) is 6.78. The minimum atomic E-state index is 0. The molecule has 8 heteroatoms. The van der Waals surface area contributed by atoms with Gasteiger partial charge >= 0.3 is 0 Å². The summed E-state index contributed by atoms with van der Waals surface area (Å²) in [6, 6.07) is 3.74. The van der Waals surface area contributed by atoms with Gasteiger partial charge in [0.15, 0.2) is 5.96 Å². The number of guanidine groups is 1. The van der Waals surface area contributed by atoms with Crippen molar-refractivity contribution in [3.63, 3.8) is 0 Å². The Hall–Kier alpha value is -1.03. The number of methoxy groups -OCH3 is 3. The summed E-state index contributed by atoms with van der Waals surface area (Å²) in [5, 5.41) is 4.12. The Labute approximate surface area is 178 Å². The molecule has 0 saturated carbocycles. The van der Waals surface area contributed by atoms with Crippen molar-refractivity contribution in [2.24, 2.45) is 4.99 Å². The van der Waals surface area contributed by atoms with Gasteiger partial charge in [-0.3, -0.25) is 4.99 Å². The Kier molecular flexibility index (Phi) is 10.3. The minimum Gasteiger partial charge on any atom is -0.496 e. The Morgan fingerprint density at radius 1 is 1.23 bits per heavy atom. The summed E-state index contributed by atoms with van der Waals surface area (Å²) in [7, 11) is 6.76. The standard InChI is InChI=1S/C18H29N3O3S.HI/c1-6-14-12-21(7-8-25-14)18(19-2)20-11-15-16(23-4)9-13(22-3)10-17(15)24-5;/h9-10,14H,6-8,11-12H2,1-5H3,(H,19,20);1H. The van der Waals surface area contributed by atoms with Crippen molar-refractivity contribution in [2.45, 2.75) is 25.1 Å². The first-order valence-electron chi connectivity index (χ1n) is 8.52. The van der Waals surface area contributed by atoms with Gasteiger partial charge in [-0.05, 0) is 6.42 Å². The molecule has 1 unspecified atom stereocenters. The topological polar surface area (TPSA) is 55.3 Å². The number of ether oxygens (including phenoxy) is 3. The second-order valence-electron chi connectivity index (χ2n) is 5.76. The Morgan fingerprint density at radius 3 is 2.38 bits per heavy atom. The molecule has 0 amide bonds. The lowest BCUT2D eigenvalue weighted by molar-refractivity contribution is 0.366. The molecule has 1 aromatic carbocycles. The summed E-state index contributed by atoms with van der Waals surface area (Å²) in [6.45, 7) is 4.85. The van der Waals surface area contributed by atoms with Crippen LogP contribution in [0.1, 0.15) is 18.9 Å². The van der Waals surface area contributed by atoms with Crippen molar-refractivity contribution in [1.82, 2.24) is 10.2 Å². The lowest BCUT2D eigenvalue weighted by Gasteiger charge is -2.34. The zero-order valence-electron chi connectivity index (χ0n) is 16.2. The molecule has 6 nitrogen and oxygen atoms in total. The normalized spacial score (nSPS) is 17.3. The van der Waals surface area contributed by atoms with Crippen LogP contribution in [0.5, 0.6) is 17.2 Å². The second kappa shape index (κ2) is 11.6. The van der Waals surface area contributed by atoms with Gasteiger partial charge in [0.1, 0.15) is 17.2 Å². The number of aliphatic imine (C=N–C) groups is 1. The van der Waals surface area contributed by atoms with Crippen LogP contribution in [0, 0.1) is 0 Å². The van der Waals surface area contributed by atoms with Gasteiger partial charge in [-0.15, -0.1) is 24.0 Å². The summed E-state index contributed by atoms with van der Waals surface area (Å²) in [5.41, 5.74) is 0.949. The maximum Gasteiger partial charge on any atom is 0.193 e. The molecule has 1 aliphatic rings. The molecule has 0 aliphatic carbocycles. The molecule has 1 heterocycles. The number of benzene rings is 1. The number of rotatable bonds is 6. The summed E-state index contributed by atoms with van der Waals surface area (Å²) >= 11 is 2.05. The van der Waals surface area contributed by atoms with E-state index in [1.807, 2.05) is 30.9 Å². The van der Waals surface area contributed by atoms with Crippen molar-refractivity contribution in [2.75, 3.05) is 47.2 Å². The minimum absolute atomic E-state index is 0. The maximum atomic E-state index is 5.52. The molecule has 2 rings (SSSR count). The van der Waals surface area contributed by atoms with Gasteiger partial charge in [0.05, 0.1) is 33.4 Å². The largest absolute Gasteiger partial charge is 0.496 e. The van der Waals surface area contributed by atoms with E-state index in [-0.39, 0.29) is 24.0 Å². The number of nitrogens with zero attached hydrogens (tertiary/aromatic N) is 2. The van der Waals surface area contributed by atoms with Gasteiger partial charge in [0.2, 0.25) is 0 Å². The Bertz CT molecular complexity index is 576. The second-order valence-corrected chi connectivity index (χ2v) is 7.17. The van der Waals surface area contributed by atoms with Gasteiger partial charge in [-0.1, -0.05) is 6.92 Å². The highest BCUT2D eigenvalue weighted by Crippen LogP contribution is 2.34. The SMILES string of the molecule is CCC1CN(C(=NC)NCc2c(OC)cc(OC)cc2OC)CCS1.I. The molecule has 0 spiro atoms. The van der Waals surface area contributed by atoms with Gasteiger partial charge in [-0.2, -0.15) is 11.8 Å². The lowest BCUT2D eigenvalue weighted by Crippen LogP contribution is -2.47. The van der Waals surface area contributed by atoms with Crippen LogP contribution in [0.3, 0.4) is 0 Å². The summed E-state index contributed by atoms with van der Waals surface area (Å²) in [6.07, 6.45) is 1.18. The van der Waals surface area contributed by atoms with Crippen LogP contribution in [0.2, 0.25) is 0 Å². The molecule has 1 atom stereocenters. The first-order valence-corrected chi connectivity index (χ1v) is 9.57. The average molecular weight is 495 g/mol. The number of hydrogen-bond acceptors (Lipinski definition) is 5. The van der Waals surface area contributed by atoms with Gasteiger partial charge in [-0.25, -0.2) is 0 Å². The van der Waals surface area contributed by atoms with E-state index in [4.69, 9.17) is 14.2 Å². The van der Waals surface area contributed by atoms with Crippen LogP contribution in [0.4, 0.5) is 0 Å². The van der Waals surface area contributed by atoms with Crippen molar-refractivity contribution < 1.29 is 14.2 Å². The summed E-state index contributed by atoms with van der Waals surface area (Å²) in [5.74, 6) is 4.23. The summed E-state index contributed by atoms with van der Waals surface area (Å²) < 4.78 is 16.3. The van der Waals surface area contributed by atoms with Crippen LogP contribution < -0.4 is 19.5 Å². The van der Waals surface area contributed by atoms with E-state index in [1.54, 1.807) is 21.3 Å². The third-order valence-corrected chi connectivity index (χ3v) is 5.72. The van der Waals surface area contributed by atoms with Crippen molar-refractivity contribution >= 4 is 41.7 Å². The molecule has 1 saturated heterocycles. The number of hydrogen-bond donors (Lipinski definition) is 1. The van der Waals surface area contributed by atoms with E-state index >= 15 is 0 Å². The number of nitrogens with one attached hydrogen (secondary N) is 1. The molecule has 1 aromatic rings. The van der Waals surface area contributed by atoms with E-state index in [0.717, 1.165) is 41.9 Å². The molecular weight excluding hydrogens is 465 g/mol. The molecule has 1 N–H and O–H groups in total. The van der Waals surface area contributed by atoms with Crippen LogP contribution in [0.25, 0.3) is 0 Å². The molecule has 26 heavy (non-hydrogen) atoms. The van der Waals surface area contributed by atoms with Crippen LogP contribution in [-0.4, -0.2) is 63.3 Å². The molecule has 1 aliphatic heterocycles. The van der Waals surface area contributed by atoms with Gasteiger partial charge in [0.25, 0.3) is 0 Å². The fourth-order valence-corrected chi connectivity index (χ4v) is 4.09. The highest BCUT2D eigenvalue weighted by atomic mass is 127. The van der Waals surface area contributed by atoms with Gasteiger partial charge < -0.3 is 24.4 Å². The van der Waals surface area contributed by atoms with E-state index in [0.29, 0.717) is 17.5 Å². The predicted molar refractivity (Wildman–Crippen MR) is 120 cm³/mol. The molecule has 0 aromatic heterocycles. The molecule has 0 radical (unpaired) electrons. The van der Waals surface area contributed by atoms with Crippen LogP contribution in [0.15, 0.2) is 17.1 Å². The van der Waals surface area contributed by atoms with Crippen molar-refractivity contribution in [3.8, 4) is 17.2 Å². The zero-order valence-corrected chi connectivity index (χ0v) is 19.4. The highest BCUT2D eigenvalue weighted by Gasteiger charge is 2.22. The third-order valence-electron chi connectivity index (χ3n) is 4.35. The molecule has 148 valence electrons. The van der Waals surface area contributed by atoms with Gasteiger partial charge in [0, 0.05) is 43.3 Å². The van der Waals surface area contributed by atoms with Crippen LogP contribution in [-0.2, 0) is 6.54 Å². The lowest BCUT2D eigenvalue weighted by atomic mass is 10.1. The Balaban J connectivity index is 0.00000338. The zero-order chi connectivity index (χ0) is 18.2. The molecular formula is C18H30IN3O3S. The predicted octanol–water partition coefficient (Wildman–Crippen LogP) is 3.23. The fourth-order valence-electron chi connectivity index (χ4n) is 2.91. The van der Waals surface area contributed by atoms with E-state index < -0.39 is 0 Å². The van der Waals surface area contributed by atoms with Crippen molar-refractivity contribution in [3.05, 3.63) is 17.7 Å². The average Bonchev–Trinajstić information content (AvgIpc) is 2.68. The quantitative estimate of drug-likeness (QED) is 0.372. The third kappa shape index (κ3) is 5.73. The molecule has 0 bridgehead atoms. The molecule has 1 fully saturated rings. The Morgan fingerprint density at radius 2 is 1.88 bits per heavy atom. The number of thioether (sulfide) groups is 1. The maximum absolute atomic E-state index is 5.52. The highest BCUT2D eigenvalue weighted by molar-refractivity contribution is 14.0. The van der Waals surface area contributed by atoms with E-state index in [1.165, 1.54) is 6.42 Å². The smallest absolute Gasteiger partial charge is 0.193 e. The van der Waals surface area contributed by atoms with Crippen LogP contribution >= 0.6 is 35.7 Å². The van der Waals surface area contributed by atoms with Crippen molar-refractivity contribution in [1.29, 1.82) is 0 Å².